The van der Waals surface area contributed by atoms with E-state index in [2.05, 4.69) is 10.6 Å². The van der Waals surface area contributed by atoms with Crippen molar-refractivity contribution in [3.05, 3.63) is 28.8 Å². The van der Waals surface area contributed by atoms with Gasteiger partial charge in [-0.15, -0.1) is 0 Å². The second-order valence-electron chi connectivity index (χ2n) is 6.80. The van der Waals surface area contributed by atoms with E-state index in [9.17, 15) is 19.5 Å². The largest absolute Gasteiger partial charge is 0.481 e. The highest BCUT2D eigenvalue weighted by Gasteiger charge is 2.34. The zero-order valence-corrected chi connectivity index (χ0v) is 15.1. The molecule has 0 radical (unpaired) electrons. The first kappa shape index (κ1) is 19.2. The Morgan fingerprint density at radius 1 is 1.28 bits per heavy atom. The third kappa shape index (κ3) is 5.19. The van der Waals surface area contributed by atoms with Crippen LogP contribution < -0.4 is 10.6 Å². The predicted molar refractivity (Wildman–Crippen MR) is 95.8 cm³/mol. The van der Waals surface area contributed by atoms with Crippen molar-refractivity contribution in [2.24, 2.45) is 11.8 Å². The molecule has 1 saturated carbocycles. The number of hydrogen-bond donors (Lipinski definition) is 3. The number of nitrogens with one attached hydrogen (secondary N) is 2. The molecule has 0 bridgehead atoms. The van der Waals surface area contributed by atoms with Crippen molar-refractivity contribution >= 4 is 35.1 Å². The van der Waals surface area contributed by atoms with Gasteiger partial charge >= 0.3 is 5.97 Å². The molecular formula is C18H23ClN2O4. The van der Waals surface area contributed by atoms with Gasteiger partial charge in [0.05, 0.1) is 16.5 Å². The van der Waals surface area contributed by atoms with E-state index in [-0.39, 0.29) is 22.4 Å². The van der Waals surface area contributed by atoms with Crippen LogP contribution in [0.5, 0.6) is 0 Å². The summed E-state index contributed by atoms with van der Waals surface area (Å²) in [6, 6.07) is 4.29. The maximum absolute atomic E-state index is 12.5. The Bertz CT molecular complexity index is 675. The minimum absolute atomic E-state index is 0.134. The quantitative estimate of drug-likeness (QED) is 0.719. The predicted octanol–water partition coefficient (Wildman–Crippen LogP) is 3.31. The molecule has 2 amide bonds. The molecule has 1 fully saturated rings. The van der Waals surface area contributed by atoms with E-state index in [1.807, 2.05) is 13.8 Å². The minimum Gasteiger partial charge on any atom is -0.481 e. The number of halogens is 1. The van der Waals surface area contributed by atoms with Crippen molar-refractivity contribution in [1.29, 1.82) is 0 Å². The topological polar surface area (TPSA) is 95.5 Å². The van der Waals surface area contributed by atoms with Gasteiger partial charge in [-0.2, -0.15) is 0 Å². The zero-order chi connectivity index (χ0) is 18.6. The summed E-state index contributed by atoms with van der Waals surface area (Å²) in [5.74, 6) is -1.81. The minimum atomic E-state index is -0.899. The summed E-state index contributed by atoms with van der Waals surface area (Å²) in [6.07, 6.45) is 2.33. The molecule has 2 atom stereocenters. The molecular weight excluding hydrogens is 344 g/mol. The summed E-state index contributed by atoms with van der Waals surface area (Å²) in [6.45, 7) is 3.89. The van der Waals surface area contributed by atoms with Gasteiger partial charge in [0, 0.05) is 18.2 Å². The lowest BCUT2D eigenvalue weighted by molar-refractivity contribution is -0.142. The third-order valence-corrected chi connectivity index (χ3v) is 4.57. The fraction of sp³-hybridized carbons (Fsp3) is 0.500. The molecule has 0 unspecified atom stereocenters. The Morgan fingerprint density at radius 3 is 2.64 bits per heavy atom. The van der Waals surface area contributed by atoms with Crippen LogP contribution >= 0.6 is 11.6 Å². The van der Waals surface area contributed by atoms with Gasteiger partial charge in [-0.05, 0) is 37.0 Å². The van der Waals surface area contributed by atoms with Gasteiger partial charge in [-0.3, -0.25) is 14.4 Å². The van der Waals surface area contributed by atoms with Gasteiger partial charge in [-0.1, -0.05) is 31.9 Å². The molecule has 0 aromatic heterocycles. The lowest BCUT2D eigenvalue weighted by atomic mass is 10.0. The van der Waals surface area contributed by atoms with Gasteiger partial charge in [-0.25, -0.2) is 0 Å². The summed E-state index contributed by atoms with van der Waals surface area (Å²) in [5.41, 5.74) is 0.710. The molecule has 7 heteroatoms. The maximum atomic E-state index is 12.5. The van der Waals surface area contributed by atoms with Gasteiger partial charge < -0.3 is 15.7 Å². The number of carbonyl (C=O) groups is 3. The highest BCUT2D eigenvalue weighted by atomic mass is 35.5. The number of carbonyl (C=O) groups excluding carboxylic acids is 2. The molecule has 3 N–H and O–H groups in total. The zero-order valence-electron chi connectivity index (χ0n) is 14.3. The second kappa shape index (κ2) is 8.34. The number of hydrogen-bond acceptors (Lipinski definition) is 3. The van der Waals surface area contributed by atoms with E-state index in [4.69, 9.17) is 11.6 Å². The Hall–Kier alpha value is -2.08. The van der Waals surface area contributed by atoms with Crippen LogP contribution in [-0.2, 0) is 9.59 Å². The van der Waals surface area contributed by atoms with E-state index < -0.39 is 23.8 Å². The van der Waals surface area contributed by atoms with Crippen molar-refractivity contribution in [3.63, 3.8) is 0 Å². The standard InChI is InChI=1S/C18H23ClN2O4/c1-10(2)8-16(22)20-11-6-7-14(19)13(9-11)17(23)21-15-5-3-4-12(15)18(24)25/h6-7,9-10,12,15H,3-5,8H2,1-2H3,(H,20,22)(H,21,23)(H,24,25)/t12-,15+/m0/s1. The van der Waals surface area contributed by atoms with Crippen LogP contribution in [0.15, 0.2) is 18.2 Å². The van der Waals surface area contributed by atoms with Gasteiger partial charge in [0.15, 0.2) is 0 Å². The van der Waals surface area contributed by atoms with Crippen LogP contribution in [0.4, 0.5) is 5.69 Å². The molecule has 1 aliphatic carbocycles. The molecule has 0 aliphatic heterocycles. The molecule has 6 nitrogen and oxygen atoms in total. The summed E-state index contributed by atoms with van der Waals surface area (Å²) >= 11 is 6.11. The molecule has 2 rings (SSSR count). The maximum Gasteiger partial charge on any atom is 0.308 e. The highest BCUT2D eigenvalue weighted by molar-refractivity contribution is 6.34. The van der Waals surface area contributed by atoms with E-state index in [0.29, 0.717) is 24.9 Å². The van der Waals surface area contributed by atoms with Crippen LogP contribution in [0.3, 0.4) is 0 Å². The fourth-order valence-electron chi connectivity index (χ4n) is 3.03. The number of carboxylic acids is 1. The lowest BCUT2D eigenvalue weighted by Gasteiger charge is -2.18. The SMILES string of the molecule is CC(C)CC(=O)Nc1ccc(Cl)c(C(=O)N[C@@H]2CCC[C@@H]2C(=O)O)c1. The summed E-state index contributed by atoms with van der Waals surface area (Å²) < 4.78 is 0. The fourth-order valence-corrected chi connectivity index (χ4v) is 3.24. The molecule has 25 heavy (non-hydrogen) atoms. The van der Waals surface area contributed by atoms with E-state index in [1.165, 1.54) is 6.07 Å². The van der Waals surface area contributed by atoms with Gasteiger partial charge in [0.25, 0.3) is 5.91 Å². The Morgan fingerprint density at radius 2 is 2.00 bits per heavy atom. The first-order chi connectivity index (χ1) is 11.8. The summed E-state index contributed by atoms with van der Waals surface area (Å²) in [5, 5.41) is 15.0. The van der Waals surface area contributed by atoms with Crippen LogP contribution in [0.2, 0.25) is 5.02 Å². The number of carboxylic acid groups (broad SMARTS) is 1. The second-order valence-corrected chi connectivity index (χ2v) is 7.20. The number of amides is 2. The first-order valence-electron chi connectivity index (χ1n) is 8.41. The van der Waals surface area contributed by atoms with Gasteiger partial charge in [0.2, 0.25) is 5.91 Å². The molecule has 1 aliphatic rings. The Labute approximate surface area is 151 Å². The highest BCUT2D eigenvalue weighted by Crippen LogP contribution is 2.27. The molecule has 0 spiro atoms. The molecule has 0 heterocycles. The third-order valence-electron chi connectivity index (χ3n) is 4.24. The van der Waals surface area contributed by atoms with Crippen molar-refractivity contribution in [2.75, 3.05) is 5.32 Å². The normalized spacial score (nSPS) is 19.7. The van der Waals surface area contributed by atoms with E-state index in [1.54, 1.807) is 12.1 Å². The van der Waals surface area contributed by atoms with E-state index in [0.717, 1.165) is 6.42 Å². The Balaban J connectivity index is 2.09. The van der Waals surface area contributed by atoms with Crippen LogP contribution in [0.25, 0.3) is 0 Å². The van der Waals surface area contributed by atoms with Crippen molar-refractivity contribution in [1.82, 2.24) is 5.32 Å². The average Bonchev–Trinajstić information content (AvgIpc) is 2.96. The van der Waals surface area contributed by atoms with Gasteiger partial charge in [0.1, 0.15) is 0 Å². The smallest absolute Gasteiger partial charge is 0.308 e. The van der Waals surface area contributed by atoms with Crippen molar-refractivity contribution in [2.45, 2.75) is 45.6 Å². The van der Waals surface area contributed by atoms with Crippen LogP contribution in [-0.4, -0.2) is 28.9 Å². The molecule has 1 aromatic carbocycles. The Kier molecular flexibility index (Phi) is 6.42. The summed E-state index contributed by atoms with van der Waals surface area (Å²) in [7, 11) is 0. The molecule has 1 aromatic rings. The average molecular weight is 367 g/mol. The summed E-state index contributed by atoms with van der Waals surface area (Å²) in [4.78, 5) is 35.6. The van der Waals surface area contributed by atoms with Crippen LogP contribution in [0.1, 0.15) is 49.9 Å². The molecule has 136 valence electrons. The number of benzene rings is 1. The first-order valence-corrected chi connectivity index (χ1v) is 8.78. The number of anilines is 1. The van der Waals surface area contributed by atoms with E-state index >= 15 is 0 Å². The number of aliphatic carboxylic acids is 1. The molecule has 0 saturated heterocycles. The van der Waals surface area contributed by atoms with Crippen molar-refractivity contribution < 1.29 is 19.5 Å². The van der Waals surface area contributed by atoms with Crippen molar-refractivity contribution in [3.8, 4) is 0 Å². The van der Waals surface area contributed by atoms with Crippen LogP contribution in [0, 0.1) is 11.8 Å². The monoisotopic (exact) mass is 366 g/mol. The number of rotatable bonds is 6. The lowest BCUT2D eigenvalue weighted by Crippen LogP contribution is -2.40.